The zero-order chi connectivity index (χ0) is 22.0. The number of nitriles is 1. The number of hydrogen-bond donors (Lipinski definition) is 1. The van der Waals surface area contributed by atoms with Crippen molar-refractivity contribution < 1.29 is 4.79 Å². The predicted octanol–water partition coefficient (Wildman–Crippen LogP) is 3.33. The van der Waals surface area contributed by atoms with Crippen LogP contribution in [0.4, 0.5) is 0 Å². The highest BCUT2D eigenvalue weighted by molar-refractivity contribution is 5.86. The summed E-state index contributed by atoms with van der Waals surface area (Å²) in [5.74, 6) is 0.0995. The average Bonchev–Trinajstić information content (AvgIpc) is 3.51. The standard InChI is InChI=1S/C27H26N4O/c28-17-16-24-18-29-20-30(24)26(32)25-19-31(25)27(21-10-4-1-5-11-21,22-12-6-2-7-13-22)23-14-8-3-9-15-23/h1-15,24-25,29H,16,18-20H2/t24-,25?,31?/m0/s1. The molecule has 0 aromatic heterocycles. The second-order valence-corrected chi connectivity index (χ2v) is 8.41. The fraction of sp³-hybridized carbons (Fsp3) is 0.259. The Balaban J connectivity index is 1.61. The minimum atomic E-state index is -0.567. The van der Waals surface area contributed by atoms with Crippen molar-refractivity contribution in [1.82, 2.24) is 15.1 Å². The lowest BCUT2D eigenvalue weighted by Gasteiger charge is -2.38. The van der Waals surface area contributed by atoms with Gasteiger partial charge >= 0.3 is 0 Å². The summed E-state index contributed by atoms with van der Waals surface area (Å²) < 4.78 is 0. The quantitative estimate of drug-likeness (QED) is 0.489. The van der Waals surface area contributed by atoms with Gasteiger partial charge < -0.3 is 4.90 Å². The van der Waals surface area contributed by atoms with E-state index in [0.29, 0.717) is 26.2 Å². The highest BCUT2D eigenvalue weighted by Crippen LogP contribution is 2.48. The molecule has 3 aromatic carbocycles. The van der Waals surface area contributed by atoms with E-state index < -0.39 is 5.54 Å². The third kappa shape index (κ3) is 3.38. The molecule has 160 valence electrons. The van der Waals surface area contributed by atoms with Crippen LogP contribution < -0.4 is 5.32 Å². The first-order valence-corrected chi connectivity index (χ1v) is 11.1. The SMILES string of the molecule is N#CC[C@H]1CNCN1C(=O)C1CN1C(c1ccccc1)(c1ccccc1)c1ccccc1. The Labute approximate surface area is 188 Å². The normalized spacial score (nSPS) is 22.3. The Morgan fingerprint density at radius 3 is 1.88 bits per heavy atom. The van der Waals surface area contributed by atoms with Gasteiger partial charge in [0, 0.05) is 13.1 Å². The van der Waals surface area contributed by atoms with Crippen LogP contribution in [0.2, 0.25) is 0 Å². The minimum absolute atomic E-state index is 0.0606. The van der Waals surface area contributed by atoms with Crippen LogP contribution in [0.25, 0.3) is 0 Å². The molecule has 2 unspecified atom stereocenters. The predicted molar refractivity (Wildman–Crippen MR) is 123 cm³/mol. The van der Waals surface area contributed by atoms with Crippen LogP contribution in [0.3, 0.4) is 0 Å². The number of carbonyl (C=O) groups is 1. The van der Waals surface area contributed by atoms with Gasteiger partial charge in [0.15, 0.2) is 0 Å². The fourth-order valence-corrected chi connectivity index (χ4v) is 5.08. The molecule has 2 fully saturated rings. The number of amides is 1. The van der Waals surface area contributed by atoms with Crippen LogP contribution in [0.15, 0.2) is 91.0 Å². The molecule has 0 bridgehead atoms. The van der Waals surface area contributed by atoms with Crippen LogP contribution in [-0.2, 0) is 10.3 Å². The van der Waals surface area contributed by atoms with Crippen molar-refractivity contribution in [2.75, 3.05) is 19.8 Å². The van der Waals surface area contributed by atoms with Crippen molar-refractivity contribution in [3.8, 4) is 6.07 Å². The Morgan fingerprint density at radius 1 is 0.906 bits per heavy atom. The molecule has 2 saturated heterocycles. The zero-order valence-electron chi connectivity index (χ0n) is 17.9. The van der Waals surface area contributed by atoms with Crippen molar-refractivity contribution >= 4 is 5.91 Å². The van der Waals surface area contributed by atoms with Gasteiger partial charge in [-0.15, -0.1) is 0 Å². The van der Waals surface area contributed by atoms with E-state index in [4.69, 9.17) is 0 Å². The summed E-state index contributed by atoms with van der Waals surface area (Å²) in [6.45, 7) is 1.85. The minimum Gasteiger partial charge on any atom is -0.323 e. The van der Waals surface area contributed by atoms with E-state index >= 15 is 0 Å². The molecule has 0 radical (unpaired) electrons. The van der Waals surface area contributed by atoms with Gasteiger partial charge in [0.25, 0.3) is 0 Å². The molecular weight excluding hydrogens is 396 g/mol. The molecule has 5 nitrogen and oxygen atoms in total. The molecule has 2 aliphatic rings. The topological polar surface area (TPSA) is 59.1 Å². The van der Waals surface area contributed by atoms with E-state index in [-0.39, 0.29) is 18.0 Å². The number of nitrogens with one attached hydrogen (secondary N) is 1. The third-order valence-electron chi connectivity index (χ3n) is 6.62. The number of nitrogens with zero attached hydrogens (tertiary/aromatic N) is 3. The largest absolute Gasteiger partial charge is 0.323 e. The Morgan fingerprint density at radius 2 is 1.41 bits per heavy atom. The number of hydrogen-bond acceptors (Lipinski definition) is 4. The van der Waals surface area contributed by atoms with Crippen LogP contribution >= 0.6 is 0 Å². The van der Waals surface area contributed by atoms with Crippen molar-refractivity contribution in [3.63, 3.8) is 0 Å². The van der Waals surface area contributed by atoms with Gasteiger partial charge in [0.1, 0.15) is 6.04 Å². The van der Waals surface area contributed by atoms with E-state index in [9.17, 15) is 10.1 Å². The summed E-state index contributed by atoms with van der Waals surface area (Å²) in [5, 5.41) is 12.4. The van der Waals surface area contributed by atoms with E-state index in [1.165, 1.54) is 0 Å². The van der Waals surface area contributed by atoms with E-state index in [1.54, 1.807) is 0 Å². The summed E-state index contributed by atoms with van der Waals surface area (Å²) in [5.41, 5.74) is 2.85. The number of rotatable bonds is 6. The lowest BCUT2D eigenvalue weighted by molar-refractivity contribution is -0.132. The lowest BCUT2D eigenvalue weighted by atomic mass is 9.76. The monoisotopic (exact) mass is 422 g/mol. The molecular formula is C27H26N4O. The molecule has 1 N–H and O–H groups in total. The van der Waals surface area contributed by atoms with Crippen LogP contribution in [0.1, 0.15) is 23.1 Å². The maximum absolute atomic E-state index is 13.6. The van der Waals surface area contributed by atoms with Crippen molar-refractivity contribution in [2.45, 2.75) is 24.0 Å². The first-order valence-electron chi connectivity index (χ1n) is 11.1. The van der Waals surface area contributed by atoms with E-state index in [2.05, 4.69) is 89.1 Å². The summed E-state index contributed by atoms with van der Waals surface area (Å²) >= 11 is 0. The first-order chi connectivity index (χ1) is 15.8. The third-order valence-corrected chi connectivity index (χ3v) is 6.62. The van der Waals surface area contributed by atoms with Crippen LogP contribution in [0, 0.1) is 11.3 Å². The molecule has 5 heteroatoms. The van der Waals surface area contributed by atoms with Gasteiger partial charge in [-0.3, -0.25) is 15.0 Å². The van der Waals surface area contributed by atoms with E-state index in [1.807, 2.05) is 23.1 Å². The number of carbonyl (C=O) groups excluding carboxylic acids is 1. The van der Waals surface area contributed by atoms with Crippen LogP contribution in [-0.4, -0.2) is 47.5 Å². The smallest absolute Gasteiger partial charge is 0.242 e. The summed E-state index contributed by atoms with van der Waals surface area (Å²) in [4.78, 5) is 17.7. The van der Waals surface area contributed by atoms with Crippen LogP contribution in [0.5, 0.6) is 0 Å². The molecule has 0 spiro atoms. The van der Waals surface area contributed by atoms with Gasteiger partial charge in [-0.2, -0.15) is 5.26 Å². The zero-order valence-corrected chi connectivity index (χ0v) is 17.9. The molecule has 0 aliphatic carbocycles. The second kappa shape index (κ2) is 8.58. The lowest BCUT2D eigenvalue weighted by Crippen LogP contribution is -2.44. The van der Waals surface area contributed by atoms with Gasteiger partial charge in [0.2, 0.25) is 5.91 Å². The van der Waals surface area contributed by atoms with Gasteiger partial charge in [-0.05, 0) is 16.7 Å². The van der Waals surface area contributed by atoms with Gasteiger partial charge in [-0.1, -0.05) is 91.0 Å². The maximum Gasteiger partial charge on any atom is 0.242 e. The molecule has 5 rings (SSSR count). The average molecular weight is 423 g/mol. The molecule has 0 saturated carbocycles. The second-order valence-electron chi connectivity index (χ2n) is 8.41. The van der Waals surface area contributed by atoms with Gasteiger partial charge in [-0.25, -0.2) is 0 Å². The van der Waals surface area contributed by atoms with Crippen molar-refractivity contribution in [1.29, 1.82) is 5.26 Å². The summed E-state index contributed by atoms with van der Waals surface area (Å²) in [7, 11) is 0. The Hall–Kier alpha value is -3.46. The maximum atomic E-state index is 13.6. The molecule has 3 atom stereocenters. The summed E-state index contributed by atoms with van der Waals surface area (Å²) in [6, 6.07) is 33.3. The summed E-state index contributed by atoms with van der Waals surface area (Å²) in [6.07, 6.45) is 0.354. The molecule has 32 heavy (non-hydrogen) atoms. The molecule has 1 amide bonds. The number of benzene rings is 3. The van der Waals surface area contributed by atoms with E-state index in [0.717, 1.165) is 16.7 Å². The van der Waals surface area contributed by atoms with Crippen molar-refractivity contribution in [3.05, 3.63) is 108 Å². The first kappa shape index (κ1) is 20.4. The highest BCUT2D eigenvalue weighted by Gasteiger charge is 2.57. The van der Waals surface area contributed by atoms with Gasteiger partial charge in [0.05, 0.1) is 30.7 Å². The Bertz CT molecular complexity index is 1010. The highest BCUT2D eigenvalue weighted by atomic mass is 16.2. The van der Waals surface area contributed by atoms with Crippen molar-refractivity contribution in [2.24, 2.45) is 0 Å². The molecule has 2 heterocycles. The fourth-order valence-electron chi connectivity index (χ4n) is 5.08. The Kier molecular flexibility index (Phi) is 5.48. The molecule has 2 aliphatic heterocycles. The molecule has 3 aromatic rings.